The first kappa shape index (κ1) is 26.4. The normalized spacial score (nSPS) is 24.8. The molecule has 2 rings (SSSR count). The van der Waals surface area contributed by atoms with Crippen molar-refractivity contribution in [3.05, 3.63) is 47.5 Å². The van der Waals surface area contributed by atoms with Gasteiger partial charge >= 0.3 is 12.1 Å². The van der Waals surface area contributed by atoms with Crippen molar-refractivity contribution in [2.45, 2.75) is 82.3 Å². The first-order chi connectivity index (χ1) is 15.1. The maximum atomic E-state index is 12.8. The second-order valence-electron chi connectivity index (χ2n) is 8.66. The summed E-state index contributed by atoms with van der Waals surface area (Å²) >= 11 is 0. The molecule has 0 saturated heterocycles. The van der Waals surface area contributed by atoms with Gasteiger partial charge in [-0.25, -0.2) is 0 Å². The fourth-order valence-corrected chi connectivity index (χ4v) is 4.41. The second kappa shape index (κ2) is 12.4. The summed E-state index contributed by atoms with van der Waals surface area (Å²) in [6.07, 6.45) is 1.08. The summed E-state index contributed by atoms with van der Waals surface area (Å²) in [4.78, 5) is 10.5. The van der Waals surface area contributed by atoms with Crippen molar-refractivity contribution in [3.63, 3.8) is 0 Å². The fourth-order valence-electron chi connectivity index (χ4n) is 4.41. The first-order valence-electron chi connectivity index (χ1n) is 11.1. The molecule has 5 atom stereocenters. The summed E-state index contributed by atoms with van der Waals surface area (Å²) in [6.45, 7) is 0. The molecule has 1 aromatic carbocycles. The van der Waals surface area contributed by atoms with E-state index in [0.29, 0.717) is 50.5 Å². The SMILES string of the molecule is O=C(O)CCC/C=C\CC1C(O)CC(O)[C@@H]1CCC(O)CCc1cccc(C(F)(F)F)c1. The van der Waals surface area contributed by atoms with Crippen LogP contribution in [0.15, 0.2) is 36.4 Å². The predicted molar refractivity (Wildman–Crippen MR) is 114 cm³/mol. The number of hydrogen-bond donors (Lipinski definition) is 4. The van der Waals surface area contributed by atoms with Gasteiger partial charge in [0, 0.05) is 6.42 Å². The number of rotatable bonds is 12. The van der Waals surface area contributed by atoms with E-state index in [9.17, 15) is 33.3 Å². The highest BCUT2D eigenvalue weighted by atomic mass is 19.4. The van der Waals surface area contributed by atoms with Crippen molar-refractivity contribution in [1.29, 1.82) is 0 Å². The number of benzene rings is 1. The zero-order chi connectivity index (χ0) is 23.7. The topological polar surface area (TPSA) is 98.0 Å². The molecule has 0 amide bonds. The van der Waals surface area contributed by atoms with Gasteiger partial charge in [0.2, 0.25) is 0 Å². The monoisotopic (exact) mass is 458 g/mol. The Balaban J connectivity index is 1.80. The third-order valence-corrected chi connectivity index (χ3v) is 6.21. The van der Waals surface area contributed by atoms with Crippen LogP contribution in [-0.4, -0.2) is 44.7 Å². The van der Waals surface area contributed by atoms with E-state index in [2.05, 4.69) is 0 Å². The predicted octanol–water partition coefficient (Wildman–Crippen LogP) is 4.34. The quantitative estimate of drug-likeness (QED) is 0.276. The van der Waals surface area contributed by atoms with Crippen LogP contribution in [0.4, 0.5) is 13.2 Å². The Labute approximate surface area is 186 Å². The highest BCUT2D eigenvalue weighted by molar-refractivity contribution is 5.66. The Hall–Kier alpha value is -1.90. The van der Waals surface area contributed by atoms with Crippen LogP contribution in [0.2, 0.25) is 0 Å². The lowest BCUT2D eigenvalue weighted by molar-refractivity contribution is -0.138. The standard InChI is InChI=1S/C24H33F3O5/c25-24(26,27)17-7-5-6-16(14-17)10-11-18(28)12-13-20-19(21(29)15-22(20)30)8-3-1-2-4-9-23(31)32/h1,3,5-7,14,18-22,28-30H,2,4,8-13,15H2,(H,31,32)/b3-1-/t18?,19?,20-,21?,22?/m1/s1. The van der Waals surface area contributed by atoms with Crippen LogP contribution in [0, 0.1) is 11.8 Å². The van der Waals surface area contributed by atoms with E-state index in [1.54, 1.807) is 6.07 Å². The molecule has 4 N–H and O–H groups in total. The van der Waals surface area contributed by atoms with E-state index in [1.165, 1.54) is 6.07 Å². The Bertz CT molecular complexity index is 749. The molecule has 32 heavy (non-hydrogen) atoms. The maximum Gasteiger partial charge on any atom is 0.416 e. The smallest absolute Gasteiger partial charge is 0.416 e. The number of aryl methyl sites for hydroxylation is 1. The lowest BCUT2D eigenvalue weighted by Gasteiger charge is -2.23. The van der Waals surface area contributed by atoms with E-state index in [0.717, 1.165) is 12.1 Å². The molecule has 0 heterocycles. The molecule has 1 saturated carbocycles. The van der Waals surface area contributed by atoms with Crippen molar-refractivity contribution in [2.75, 3.05) is 0 Å². The van der Waals surface area contributed by atoms with E-state index < -0.39 is 36.0 Å². The van der Waals surface area contributed by atoms with Gasteiger partial charge in [0.05, 0.1) is 23.9 Å². The third kappa shape index (κ3) is 8.56. The molecular weight excluding hydrogens is 425 g/mol. The number of unbranched alkanes of at least 4 members (excludes halogenated alkanes) is 1. The number of aliphatic carboxylic acids is 1. The summed E-state index contributed by atoms with van der Waals surface area (Å²) in [5.41, 5.74) is -0.187. The maximum absolute atomic E-state index is 12.8. The van der Waals surface area contributed by atoms with Crippen molar-refractivity contribution >= 4 is 5.97 Å². The molecule has 0 bridgehead atoms. The van der Waals surface area contributed by atoms with Crippen LogP contribution in [0.25, 0.3) is 0 Å². The Morgan fingerprint density at radius 2 is 1.84 bits per heavy atom. The lowest BCUT2D eigenvalue weighted by Crippen LogP contribution is -2.23. The Kier molecular flexibility index (Phi) is 10.2. The number of carboxylic acids is 1. The molecule has 1 aliphatic rings. The van der Waals surface area contributed by atoms with E-state index >= 15 is 0 Å². The molecule has 1 aliphatic carbocycles. The molecule has 0 spiro atoms. The van der Waals surface area contributed by atoms with Gasteiger partial charge in [-0.3, -0.25) is 4.79 Å². The summed E-state index contributed by atoms with van der Waals surface area (Å²) < 4.78 is 38.5. The summed E-state index contributed by atoms with van der Waals surface area (Å²) in [7, 11) is 0. The van der Waals surface area contributed by atoms with Crippen LogP contribution in [0.5, 0.6) is 0 Å². The van der Waals surface area contributed by atoms with Crippen LogP contribution >= 0.6 is 0 Å². The van der Waals surface area contributed by atoms with Crippen LogP contribution < -0.4 is 0 Å². The van der Waals surface area contributed by atoms with Gasteiger partial charge in [-0.1, -0.05) is 30.4 Å². The first-order valence-corrected chi connectivity index (χ1v) is 11.1. The summed E-state index contributed by atoms with van der Waals surface area (Å²) in [5, 5.41) is 39.6. The Morgan fingerprint density at radius 3 is 2.53 bits per heavy atom. The van der Waals surface area contributed by atoms with Crippen molar-refractivity contribution in [2.24, 2.45) is 11.8 Å². The van der Waals surface area contributed by atoms with Gasteiger partial charge in [0.1, 0.15) is 0 Å². The molecular formula is C24H33F3O5. The van der Waals surface area contributed by atoms with Gasteiger partial charge in [-0.2, -0.15) is 13.2 Å². The molecule has 5 nitrogen and oxygen atoms in total. The van der Waals surface area contributed by atoms with Crippen LogP contribution in [-0.2, 0) is 17.4 Å². The number of carbonyl (C=O) groups is 1. The van der Waals surface area contributed by atoms with E-state index in [4.69, 9.17) is 5.11 Å². The largest absolute Gasteiger partial charge is 0.481 e. The number of halogens is 3. The van der Waals surface area contributed by atoms with Gasteiger partial charge in [-0.05, 0) is 74.8 Å². The number of alkyl halides is 3. The Morgan fingerprint density at radius 1 is 1.12 bits per heavy atom. The fraction of sp³-hybridized carbons (Fsp3) is 0.625. The molecule has 0 aromatic heterocycles. The van der Waals surface area contributed by atoms with Crippen molar-refractivity contribution in [3.8, 4) is 0 Å². The van der Waals surface area contributed by atoms with Crippen LogP contribution in [0.3, 0.4) is 0 Å². The molecule has 1 aromatic rings. The molecule has 1 fully saturated rings. The third-order valence-electron chi connectivity index (χ3n) is 6.21. The van der Waals surface area contributed by atoms with Crippen LogP contribution in [0.1, 0.15) is 62.5 Å². The summed E-state index contributed by atoms with van der Waals surface area (Å²) in [5.74, 6) is -1.15. The minimum atomic E-state index is -4.40. The molecule has 180 valence electrons. The van der Waals surface area contributed by atoms with Crippen molar-refractivity contribution in [1.82, 2.24) is 0 Å². The van der Waals surface area contributed by atoms with Crippen molar-refractivity contribution < 1.29 is 38.4 Å². The zero-order valence-corrected chi connectivity index (χ0v) is 18.0. The number of allylic oxidation sites excluding steroid dienone is 2. The second-order valence-corrected chi connectivity index (χ2v) is 8.66. The highest BCUT2D eigenvalue weighted by Gasteiger charge is 2.40. The number of aliphatic hydroxyl groups is 3. The highest BCUT2D eigenvalue weighted by Crippen LogP contribution is 2.38. The average Bonchev–Trinajstić information content (AvgIpc) is 2.99. The molecule has 0 radical (unpaired) electrons. The van der Waals surface area contributed by atoms with Gasteiger partial charge in [-0.15, -0.1) is 0 Å². The number of carboxylic acid groups (broad SMARTS) is 1. The lowest BCUT2D eigenvalue weighted by atomic mass is 9.85. The minimum absolute atomic E-state index is 0.107. The van der Waals surface area contributed by atoms with E-state index in [-0.39, 0.29) is 24.7 Å². The number of aliphatic hydroxyl groups excluding tert-OH is 3. The van der Waals surface area contributed by atoms with Gasteiger partial charge < -0.3 is 20.4 Å². The number of hydrogen-bond acceptors (Lipinski definition) is 4. The van der Waals surface area contributed by atoms with Gasteiger partial charge in [0.25, 0.3) is 0 Å². The van der Waals surface area contributed by atoms with Gasteiger partial charge in [0.15, 0.2) is 0 Å². The molecule has 4 unspecified atom stereocenters. The minimum Gasteiger partial charge on any atom is -0.481 e. The summed E-state index contributed by atoms with van der Waals surface area (Å²) in [6, 6.07) is 5.09. The zero-order valence-electron chi connectivity index (χ0n) is 18.0. The molecule has 0 aliphatic heterocycles. The van der Waals surface area contributed by atoms with E-state index in [1.807, 2.05) is 12.2 Å². The average molecular weight is 459 g/mol. The molecule has 8 heteroatoms.